The molecule has 108 valence electrons. The van der Waals surface area contributed by atoms with Crippen LogP contribution in [0.25, 0.3) is 11.1 Å². The molecule has 0 N–H and O–H groups in total. The molecule has 1 aliphatic heterocycles. The second-order valence-electron chi connectivity index (χ2n) is 4.90. The molecule has 1 saturated heterocycles. The fraction of sp³-hybridized carbons (Fsp3) is 0.500. The molecule has 0 amide bonds. The van der Waals surface area contributed by atoms with Crippen molar-refractivity contribution < 1.29 is 18.3 Å². The van der Waals surface area contributed by atoms with E-state index in [0.29, 0.717) is 36.7 Å². The molecule has 1 fully saturated rings. The first kappa shape index (κ1) is 13.5. The zero-order chi connectivity index (χ0) is 13.9. The van der Waals surface area contributed by atoms with E-state index in [2.05, 4.69) is 9.88 Å². The van der Waals surface area contributed by atoms with E-state index in [1.165, 1.54) is 12.1 Å². The Morgan fingerprint density at radius 1 is 1.50 bits per heavy atom. The zero-order valence-corrected chi connectivity index (χ0v) is 11.3. The number of fused-ring (bicyclic) bond motifs is 1. The summed E-state index contributed by atoms with van der Waals surface area (Å²) >= 11 is 0. The van der Waals surface area contributed by atoms with Crippen molar-refractivity contribution in [2.24, 2.45) is 0 Å². The van der Waals surface area contributed by atoms with E-state index in [1.807, 2.05) is 0 Å². The normalized spacial score (nSPS) is 20.6. The van der Waals surface area contributed by atoms with Crippen LogP contribution in [0.1, 0.15) is 5.89 Å². The third-order valence-corrected chi connectivity index (χ3v) is 3.33. The number of benzene rings is 1. The van der Waals surface area contributed by atoms with Gasteiger partial charge in [0.05, 0.1) is 25.9 Å². The first-order valence-electron chi connectivity index (χ1n) is 6.62. The maximum Gasteiger partial charge on any atom is 0.209 e. The molecular weight excluding hydrogens is 263 g/mol. The van der Waals surface area contributed by atoms with Crippen LogP contribution in [-0.2, 0) is 16.0 Å². The minimum atomic E-state index is -0.313. The molecule has 1 aromatic heterocycles. The van der Waals surface area contributed by atoms with Gasteiger partial charge in [-0.25, -0.2) is 9.37 Å². The molecule has 5 nitrogen and oxygen atoms in total. The van der Waals surface area contributed by atoms with Crippen LogP contribution in [0.3, 0.4) is 0 Å². The molecule has 2 heterocycles. The van der Waals surface area contributed by atoms with Crippen LogP contribution >= 0.6 is 0 Å². The van der Waals surface area contributed by atoms with Crippen LogP contribution in [0.15, 0.2) is 22.6 Å². The fourth-order valence-corrected chi connectivity index (χ4v) is 2.42. The molecule has 1 atom stereocenters. The Bertz CT molecular complexity index is 585. The van der Waals surface area contributed by atoms with Crippen LogP contribution < -0.4 is 0 Å². The van der Waals surface area contributed by atoms with Gasteiger partial charge in [0, 0.05) is 26.3 Å². The summed E-state index contributed by atoms with van der Waals surface area (Å²) in [6.45, 7) is 3.45. The molecule has 1 aromatic carbocycles. The number of methoxy groups -OCH3 is 1. The monoisotopic (exact) mass is 280 g/mol. The Labute approximate surface area is 116 Å². The Balaban J connectivity index is 1.69. The summed E-state index contributed by atoms with van der Waals surface area (Å²) in [4.78, 5) is 6.57. The van der Waals surface area contributed by atoms with Gasteiger partial charge in [0.1, 0.15) is 11.3 Å². The predicted octanol–water partition coefficient (Wildman–Crippen LogP) is 1.81. The number of ether oxygens (including phenoxy) is 2. The fourth-order valence-electron chi connectivity index (χ4n) is 2.42. The Morgan fingerprint density at radius 2 is 2.40 bits per heavy atom. The highest BCUT2D eigenvalue weighted by Crippen LogP contribution is 2.18. The average Bonchev–Trinajstić information content (AvgIpc) is 2.81. The molecule has 0 radical (unpaired) electrons. The standard InChI is InChI=1S/C14H17FN2O3/c1-18-9-11-7-17(4-5-19-11)8-14-16-12-3-2-10(15)6-13(12)20-14/h2-3,6,11H,4-5,7-9H2,1H3. The highest BCUT2D eigenvalue weighted by molar-refractivity contribution is 5.72. The summed E-state index contributed by atoms with van der Waals surface area (Å²) in [5.74, 6) is 0.287. The van der Waals surface area contributed by atoms with Gasteiger partial charge in [0.15, 0.2) is 5.58 Å². The molecule has 0 aliphatic carbocycles. The van der Waals surface area contributed by atoms with Crippen LogP contribution in [0.5, 0.6) is 0 Å². The lowest BCUT2D eigenvalue weighted by molar-refractivity contribution is -0.0645. The number of aromatic nitrogens is 1. The molecule has 0 saturated carbocycles. The van der Waals surface area contributed by atoms with E-state index < -0.39 is 0 Å². The highest BCUT2D eigenvalue weighted by Gasteiger charge is 2.21. The van der Waals surface area contributed by atoms with Crippen molar-refractivity contribution in [2.75, 3.05) is 33.4 Å². The predicted molar refractivity (Wildman–Crippen MR) is 70.9 cm³/mol. The van der Waals surface area contributed by atoms with Crippen molar-refractivity contribution >= 4 is 11.1 Å². The van der Waals surface area contributed by atoms with Gasteiger partial charge in [-0.15, -0.1) is 0 Å². The van der Waals surface area contributed by atoms with Gasteiger partial charge < -0.3 is 13.9 Å². The van der Waals surface area contributed by atoms with Crippen molar-refractivity contribution in [1.82, 2.24) is 9.88 Å². The van der Waals surface area contributed by atoms with E-state index >= 15 is 0 Å². The number of nitrogens with zero attached hydrogens (tertiary/aromatic N) is 2. The molecule has 2 aromatic rings. The second-order valence-corrected chi connectivity index (χ2v) is 4.90. The van der Waals surface area contributed by atoms with Crippen molar-refractivity contribution in [1.29, 1.82) is 0 Å². The number of oxazole rings is 1. The smallest absolute Gasteiger partial charge is 0.209 e. The van der Waals surface area contributed by atoms with Gasteiger partial charge in [0.2, 0.25) is 5.89 Å². The number of morpholine rings is 1. The lowest BCUT2D eigenvalue weighted by atomic mass is 10.3. The van der Waals surface area contributed by atoms with Gasteiger partial charge in [-0.3, -0.25) is 4.90 Å². The summed E-state index contributed by atoms with van der Waals surface area (Å²) in [6.07, 6.45) is 0.0792. The first-order chi connectivity index (χ1) is 9.74. The van der Waals surface area contributed by atoms with E-state index in [-0.39, 0.29) is 11.9 Å². The zero-order valence-electron chi connectivity index (χ0n) is 11.3. The largest absolute Gasteiger partial charge is 0.439 e. The van der Waals surface area contributed by atoms with E-state index in [9.17, 15) is 4.39 Å². The van der Waals surface area contributed by atoms with E-state index in [4.69, 9.17) is 13.9 Å². The Kier molecular flexibility index (Phi) is 3.95. The molecule has 1 unspecified atom stereocenters. The minimum Gasteiger partial charge on any atom is -0.439 e. The number of hydrogen-bond acceptors (Lipinski definition) is 5. The number of hydrogen-bond donors (Lipinski definition) is 0. The molecule has 0 bridgehead atoms. The average molecular weight is 280 g/mol. The molecule has 3 rings (SSSR count). The lowest BCUT2D eigenvalue weighted by Crippen LogP contribution is -2.43. The SMILES string of the molecule is COCC1CN(Cc2nc3ccc(F)cc3o2)CCO1. The Morgan fingerprint density at radius 3 is 3.25 bits per heavy atom. The summed E-state index contributed by atoms with van der Waals surface area (Å²) < 4.78 is 29.4. The van der Waals surface area contributed by atoms with Gasteiger partial charge in [-0.1, -0.05) is 0 Å². The van der Waals surface area contributed by atoms with E-state index in [0.717, 1.165) is 13.1 Å². The third kappa shape index (κ3) is 2.98. The summed E-state index contributed by atoms with van der Waals surface area (Å²) in [5.41, 5.74) is 1.17. The van der Waals surface area contributed by atoms with Crippen LogP contribution in [0, 0.1) is 5.82 Å². The number of rotatable bonds is 4. The molecule has 1 aliphatic rings. The maximum atomic E-state index is 13.1. The minimum absolute atomic E-state index is 0.0792. The highest BCUT2D eigenvalue weighted by atomic mass is 19.1. The summed E-state index contributed by atoms with van der Waals surface area (Å²) in [6, 6.07) is 4.38. The second kappa shape index (κ2) is 5.87. The Hall–Kier alpha value is -1.50. The molecule has 20 heavy (non-hydrogen) atoms. The maximum absolute atomic E-state index is 13.1. The van der Waals surface area contributed by atoms with Gasteiger partial charge in [-0.05, 0) is 12.1 Å². The molecule has 6 heteroatoms. The summed E-state index contributed by atoms with van der Waals surface area (Å²) in [5, 5.41) is 0. The van der Waals surface area contributed by atoms with Crippen molar-refractivity contribution in [3.63, 3.8) is 0 Å². The lowest BCUT2D eigenvalue weighted by Gasteiger charge is -2.31. The molecular formula is C14H17FN2O3. The number of halogens is 1. The molecule has 0 spiro atoms. The van der Waals surface area contributed by atoms with Crippen LogP contribution in [-0.4, -0.2) is 49.4 Å². The van der Waals surface area contributed by atoms with Crippen molar-refractivity contribution in [3.8, 4) is 0 Å². The topological polar surface area (TPSA) is 47.7 Å². The van der Waals surface area contributed by atoms with Crippen molar-refractivity contribution in [3.05, 3.63) is 29.9 Å². The van der Waals surface area contributed by atoms with Gasteiger partial charge in [0.25, 0.3) is 0 Å². The quantitative estimate of drug-likeness (QED) is 0.855. The van der Waals surface area contributed by atoms with E-state index in [1.54, 1.807) is 13.2 Å². The van der Waals surface area contributed by atoms with Gasteiger partial charge >= 0.3 is 0 Å². The first-order valence-corrected chi connectivity index (χ1v) is 6.62. The van der Waals surface area contributed by atoms with Crippen LogP contribution in [0.2, 0.25) is 0 Å². The van der Waals surface area contributed by atoms with Crippen LogP contribution in [0.4, 0.5) is 4.39 Å². The summed E-state index contributed by atoms with van der Waals surface area (Å²) in [7, 11) is 1.66. The van der Waals surface area contributed by atoms with Crippen molar-refractivity contribution in [2.45, 2.75) is 12.6 Å². The van der Waals surface area contributed by atoms with Gasteiger partial charge in [-0.2, -0.15) is 0 Å². The third-order valence-electron chi connectivity index (χ3n) is 3.33.